The lowest BCUT2D eigenvalue weighted by molar-refractivity contribution is -0.156. The SMILES string of the molecule is CC(C)NC(=O)C(C)OC(=O)COc1cccc(N)c1. The molecule has 0 fully saturated rings. The maximum Gasteiger partial charge on any atom is 0.344 e. The van der Waals surface area contributed by atoms with Crippen LogP contribution in [0.25, 0.3) is 0 Å². The van der Waals surface area contributed by atoms with Crippen LogP contribution in [0.15, 0.2) is 24.3 Å². The fourth-order valence-corrected chi connectivity index (χ4v) is 1.43. The van der Waals surface area contributed by atoms with E-state index < -0.39 is 12.1 Å². The first-order chi connectivity index (χ1) is 9.38. The van der Waals surface area contributed by atoms with E-state index in [1.807, 2.05) is 13.8 Å². The molecule has 1 amide bonds. The van der Waals surface area contributed by atoms with E-state index in [-0.39, 0.29) is 18.6 Å². The fourth-order valence-electron chi connectivity index (χ4n) is 1.43. The van der Waals surface area contributed by atoms with Crippen molar-refractivity contribution in [2.24, 2.45) is 0 Å². The van der Waals surface area contributed by atoms with E-state index in [1.54, 1.807) is 24.3 Å². The standard InChI is InChI=1S/C14H20N2O4/c1-9(2)16-14(18)10(3)20-13(17)8-19-12-6-4-5-11(15)7-12/h4-7,9-10H,8,15H2,1-3H3,(H,16,18). The first kappa shape index (κ1) is 15.8. The molecule has 0 aliphatic heterocycles. The maximum absolute atomic E-state index is 11.6. The summed E-state index contributed by atoms with van der Waals surface area (Å²) in [6.07, 6.45) is -0.852. The van der Waals surface area contributed by atoms with Gasteiger partial charge in [0.05, 0.1) is 0 Å². The number of nitrogens with one attached hydrogen (secondary N) is 1. The van der Waals surface area contributed by atoms with Gasteiger partial charge >= 0.3 is 5.97 Å². The molecule has 6 heteroatoms. The molecular weight excluding hydrogens is 260 g/mol. The second-order valence-electron chi connectivity index (χ2n) is 4.66. The number of nitrogen functional groups attached to an aromatic ring is 1. The van der Waals surface area contributed by atoms with Gasteiger partial charge in [0.15, 0.2) is 12.7 Å². The molecule has 110 valence electrons. The number of esters is 1. The van der Waals surface area contributed by atoms with Crippen LogP contribution in [0.1, 0.15) is 20.8 Å². The molecule has 0 spiro atoms. The molecule has 6 nitrogen and oxygen atoms in total. The Labute approximate surface area is 118 Å². The summed E-state index contributed by atoms with van der Waals surface area (Å²) in [6, 6.07) is 6.70. The molecule has 1 atom stereocenters. The predicted molar refractivity (Wildman–Crippen MR) is 75.2 cm³/mol. The zero-order valence-electron chi connectivity index (χ0n) is 11.9. The molecule has 0 aromatic heterocycles. The van der Waals surface area contributed by atoms with Gasteiger partial charge in [-0.15, -0.1) is 0 Å². The third-order valence-corrected chi connectivity index (χ3v) is 2.32. The average Bonchev–Trinajstić information content (AvgIpc) is 2.35. The molecule has 0 heterocycles. The monoisotopic (exact) mass is 280 g/mol. The summed E-state index contributed by atoms with van der Waals surface area (Å²) < 4.78 is 10.2. The Balaban J connectivity index is 2.38. The minimum atomic E-state index is -0.852. The van der Waals surface area contributed by atoms with Gasteiger partial charge in [-0.25, -0.2) is 4.79 Å². The maximum atomic E-state index is 11.6. The number of rotatable bonds is 6. The lowest BCUT2D eigenvalue weighted by Gasteiger charge is -2.15. The molecule has 0 aliphatic rings. The van der Waals surface area contributed by atoms with Gasteiger partial charge in [0, 0.05) is 17.8 Å². The van der Waals surface area contributed by atoms with Crippen LogP contribution in [0.4, 0.5) is 5.69 Å². The zero-order chi connectivity index (χ0) is 15.1. The Morgan fingerprint density at radius 3 is 2.60 bits per heavy atom. The second kappa shape index (κ2) is 7.37. The average molecular weight is 280 g/mol. The van der Waals surface area contributed by atoms with Crippen LogP contribution >= 0.6 is 0 Å². The first-order valence-corrected chi connectivity index (χ1v) is 6.36. The number of carbonyl (C=O) groups is 2. The highest BCUT2D eigenvalue weighted by atomic mass is 16.6. The summed E-state index contributed by atoms with van der Waals surface area (Å²) >= 11 is 0. The predicted octanol–water partition coefficient (Wildman–Crippen LogP) is 1.10. The molecule has 3 N–H and O–H groups in total. The van der Waals surface area contributed by atoms with Gasteiger partial charge in [0.25, 0.3) is 5.91 Å². The number of nitrogens with two attached hydrogens (primary N) is 1. The molecular formula is C14H20N2O4. The number of benzene rings is 1. The third-order valence-electron chi connectivity index (χ3n) is 2.32. The Bertz CT molecular complexity index is 474. The summed E-state index contributed by atoms with van der Waals surface area (Å²) in [5, 5.41) is 2.66. The fraction of sp³-hybridized carbons (Fsp3) is 0.429. The van der Waals surface area contributed by atoms with E-state index >= 15 is 0 Å². The van der Waals surface area contributed by atoms with Crippen LogP contribution in [0, 0.1) is 0 Å². The lowest BCUT2D eigenvalue weighted by Crippen LogP contribution is -2.40. The molecule has 1 aromatic carbocycles. The quantitative estimate of drug-likeness (QED) is 0.601. The zero-order valence-corrected chi connectivity index (χ0v) is 11.9. The van der Waals surface area contributed by atoms with Gasteiger partial charge < -0.3 is 20.5 Å². The van der Waals surface area contributed by atoms with Crippen LogP contribution in [-0.2, 0) is 14.3 Å². The van der Waals surface area contributed by atoms with Crippen LogP contribution < -0.4 is 15.8 Å². The van der Waals surface area contributed by atoms with Crippen molar-refractivity contribution >= 4 is 17.6 Å². The van der Waals surface area contributed by atoms with Gasteiger partial charge in [0.2, 0.25) is 0 Å². The van der Waals surface area contributed by atoms with E-state index in [2.05, 4.69) is 5.32 Å². The molecule has 0 bridgehead atoms. The largest absolute Gasteiger partial charge is 0.482 e. The van der Waals surface area contributed by atoms with Gasteiger partial charge in [-0.1, -0.05) is 6.07 Å². The van der Waals surface area contributed by atoms with Gasteiger partial charge in [-0.2, -0.15) is 0 Å². The Morgan fingerprint density at radius 1 is 1.30 bits per heavy atom. The smallest absolute Gasteiger partial charge is 0.344 e. The number of hydrogen-bond donors (Lipinski definition) is 2. The van der Waals surface area contributed by atoms with Crippen molar-refractivity contribution in [3.05, 3.63) is 24.3 Å². The highest BCUT2D eigenvalue weighted by Crippen LogP contribution is 2.14. The van der Waals surface area contributed by atoms with Crippen molar-refractivity contribution in [2.75, 3.05) is 12.3 Å². The van der Waals surface area contributed by atoms with E-state index in [1.165, 1.54) is 6.92 Å². The van der Waals surface area contributed by atoms with Crippen molar-refractivity contribution in [1.82, 2.24) is 5.32 Å². The molecule has 1 aromatic rings. The van der Waals surface area contributed by atoms with Gasteiger partial charge in [-0.3, -0.25) is 4.79 Å². The number of amides is 1. The van der Waals surface area contributed by atoms with E-state index in [0.717, 1.165) is 0 Å². The number of hydrogen-bond acceptors (Lipinski definition) is 5. The van der Waals surface area contributed by atoms with Crippen LogP contribution in [0.5, 0.6) is 5.75 Å². The third kappa shape index (κ3) is 5.60. The van der Waals surface area contributed by atoms with Crippen LogP contribution in [0.3, 0.4) is 0 Å². The van der Waals surface area contributed by atoms with Crippen molar-refractivity contribution in [1.29, 1.82) is 0 Å². The topological polar surface area (TPSA) is 90.6 Å². The number of anilines is 1. The summed E-state index contributed by atoms with van der Waals surface area (Å²) in [5.41, 5.74) is 6.12. The molecule has 20 heavy (non-hydrogen) atoms. The van der Waals surface area contributed by atoms with Gasteiger partial charge in [-0.05, 0) is 32.9 Å². The van der Waals surface area contributed by atoms with Crippen molar-refractivity contribution in [3.8, 4) is 5.75 Å². The van der Waals surface area contributed by atoms with Crippen molar-refractivity contribution in [3.63, 3.8) is 0 Å². The molecule has 0 radical (unpaired) electrons. The highest BCUT2D eigenvalue weighted by Gasteiger charge is 2.18. The Morgan fingerprint density at radius 2 is 2.00 bits per heavy atom. The minimum absolute atomic E-state index is 0.00723. The Kier molecular flexibility index (Phi) is 5.83. The van der Waals surface area contributed by atoms with Gasteiger partial charge in [0.1, 0.15) is 5.75 Å². The van der Waals surface area contributed by atoms with Crippen LogP contribution in [-0.4, -0.2) is 30.6 Å². The highest BCUT2D eigenvalue weighted by molar-refractivity contribution is 5.83. The molecule has 1 unspecified atom stereocenters. The summed E-state index contributed by atoms with van der Waals surface area (Å²) in [4.78, 5) is 23.1. The van der Waals surface area contributed by atoms with E-state index in [9.17, 15) is 9.59 Å². The summed E-state index contributed by atoms with van der Waals surface area (Å²) in [5.74, 6) is -0.475. The second-order valence-corrected chi connectivity index (χ2v) is 4.66. The lowest BCUT2D eigenvalue weighted by atomic mass is 10.3. The summed E-state index contributed by atoms with van der Waals surface area (Å²) in [7, 11) is 0. The Hall–Kier alpha value is -2.24. The molecule has 1 rings (SSSR count). The van der Waals surface area contributed by atoms with Crippen molar-refractivity contribution in [2.45, 2.75) is 32.9 Å². The molecule has 0 saturated carbocycles. The molecule has 0 aliphatic carbocycles. The summed E-state index contributed by atoms with van der Waals surface area (Å²) in [6.45, 7) is 4.89. The first-order valence-electron chi connectivity index (χ1n) is 6.36. The number of carbonyl (C=O) groups excluding carboxylic acids is 2. The number of ether oxygens (including phenoxy) is 2. The van der Waals surface area contributed by atoms with Crippen LogP contribution in [0.2, 0.25) is 0 Å². The minimum Gasteiger partial charge on any atom is -0.482 e. The van der Waals surface area contributed by atoms with E-state index in [4.69, 9.17) is 15.2 Å². The normalized spacial score (nSPS) is 11.8. The van der Waals surface area contributed by atoms with Crippen molar-refractivity contribution < 1.29 is 19.1 Å². The van der Waals surface area contributed by atoms with E-state index in [0.29, 0.717) is 11.4 Å². The molecule has 0 saturated heterocycles.